The van der Waals surface area contributed by atoms with E-state index in [4.69, 9.17) is 4.74 Å². The van der Waals surface area contributed by atoms with E-state index in [1.165, 1.54) is 10.5 Å². The second-order valence-electron chi connectivity index (χ2n) is 7.25. The van der Waals surface area contributed by atoms with Crippen LogP contribution in [0.25, 0.3) is 0 Å². The highest BCUT2D eigenvalue weighted by atomic mass is 32.2. The Morgan fingerprint density at radius 3 is 2.42 bits per heavy atom. The molecule has 8 heteroatoms. The van der Waals surface area contributed by atoms with E-state index in [2.05, 4.69) is 19.9 Å². The Hall–Kier alpha value is -2.97. The summed E-state index contributed by atoms with van der Waals surface area (Å²) in [5, 5.41) is 0. The molecule has 1 aliphatic heterocycles. The molecule has 3 heterocycles. The van der Waals surface area contributed by atoms with Crippen LogP contribution in [-0.2, 0) is 13.0 Å². The van der Waals surface area contributed by atoms with Gasteiger partial charge in [0.15, 0.2) is 0 Å². The van der Waals surface area contributed by atoms with Crippen molar-refractivity contribution in [2.45, 2.75) is 17.9 Å². The molecule has 1 aromatic carbocycles. The van der Waals surface area contributed by atoms with E-state index in [0.29, 0.717) is 18.8 Å². The zero-order valence-electron chi connectivity index (χ0n) is 17.3. The van der Waals surface area contributed by atoms with Crippen LogP contribution in [0, 0.1) is 0 Å². The molecule has 0 radical (unpaired) electrons. The number of thioether (sulfide) groups is 1. The van der Waals surface area contributed by atoms with Gasteiger partial charge in [0.1, 0.15) is 5.75 Å². The van der Waals surface area contributed by atoms with Crippen LogP contribution < -0.4 is 4.74 Å². The molecule has 7 nitrogen and oxygen atoms in total. The Balaban J connectivity index is 1.19. The maximum absolute atomic E-state index is 12.5. The van der Waals surface area contributed by atoms with Crippen LogP contribution in [0.2, 0.25) is 0 Å². The maximum atomic E-state index is 12.5. The molecule has 1 saturated heterocycles. The Morgan fingerprint density at radius 1 is 0.935 bits per heavy atom. The first-order chi connectivity index (χ1) is 15.3. The lowest BCUT2D eigenvalue weighted by atomic mass is 10.2. The second-order valence-corrected chi connectivity index (χ2v) is 8.42. The number of amides is 1. The van der Waals surface area contributed by atoms with Crippen molar-refractivity contribution < 1.29 is 9.53 Å². The van der Waals surface area contributed by atoms with Gasteiger partial charge in [-0.15, -0.1) is 11.8 Å². The summed E-state index contributed by atoms with van der Waals surface area (Å²) < 4.78 is 5.57. The van der Waals surface area contributed by atoms with Gasteiger partial charge in [-0.2, -0.15) is 0 Å². The van der Waals surface area contributed by atoms with Gasteiger partial charge in [-0.1, -0.05) is 12.1 Å². The molecule has 160 valence electrons. The third-order valence-corrected chi connectivity index (χ3v) is 6.08. The first-order valence-electron chi connectivity index (χ1n) is 10.3. The van der Waals surface area contributed by atoms with E-state index >= 15 is 0 Å². The average molecular weight is 436 g/mol. The fourth-order valence-corrected chi connectivity index (χ4v) is 4.23. The minimum Gasteiger partial charge on any atom is -0.410 e. The van der Waals surface area contributed by atoms with Gasteiger partial charge in [0, 0.05) is 74.4 Å². The van der Waals surface area contributed by atoms with E-state index in [1.54, 1.807) is 35.3 Å². The van der Waals surface area contributed by atoms with Gasteiger partial charge in [-0.05, 0) is 36.2 Å². The molecule has 1 aliphatic rings. The predicted octanol–water partition coefficient (Wildman–Crippen LogP) is 3.52. The van der Waals surface area contributed by atoms with Crippen LogP contribution in [-0.4, -0.2) is 62.8 Å². The van der Waals surface area contributed by atoms with Crippen molar-refractivity contribution in [2.75, 3.05) is 31.9 Å². The largest absolute Gasteiger partial charge is 0.415 e. The van der Waals surface area contributed by atoms with Crippen molar-refractivity contribution in [1.82, 2.24) is 24.8 Å². The van der Waals surface area contributed by atoms with E-state index in [-0.39, 0.29) is 6.09 Å². The number of pyridine rings is 1. The van der Waals surface area contributed by atoms with Crippen molar-refractivity contribution in [1.29, 1.82) is 0 Å². The molecule has 2 aromatic heterocycles. The van der Waals surface area contributed by atoms with Crippen LogP contribution >= 0.6 is 11.8 Å². The molecule has 0 aliphatic carbocycles. The zero-order chi connectivity index (χ0) is 21.3. The predicted molar refractivity (Wildman–Crippen MR) is 120 cm³/mol. The van der Waals surface area contributed by atoms with Gasteiger partial charge in [0.2, 0.25) is 0 Å². The van der Waals surface area contributed by atoms with Gasteiger partial charge >= 0.3 is 6.09 Å². The molecular formula is C23H25N5O2S. The number of hydrogen-bond donors (Lipinski definition) is 0. The lowest BCUT2D eigenvalue weighted by Gasteiger charge is -2.33. The highest BCUT2D eigenvalue weighted by molar-refractivity contribution is 7.99. The summed E-state index contributed by atoms with van der Waals surface area (Å²) in [7, 11) is 0. The number of carbonyl (C=O) groups is 1. The Bertz CT molecular complexity index is 949. The number of aromatic nitrogens is 3. The molecule has 0 atom stereocenters. The molecule has 0 bridgehead atoms. The topological polar surface area (TPSA) is 71.5 Å². The van der Waals surface area contributed by atoms with Gasteiger partial charge in [0.05, 0.1) is 5.69 Å². The van der Waals surface area contributed by atoms with E-state index in [0.717, 1.165) is 37.5 Å². The highest BCUT2D eigenvalue weighted by Crippen LogP contribution is 2.20. The summed E-state index contributed by atoms with van der Waals surface area (Å²) in [5.41, 5.74) is 2.16. The molecular weight excluding hydrogens is 410 g/mol. The number of benzene rings is 1. The summed E-state index contributed by atoms with van der Waals surface area (Å²) >= 11 is 1.81. The smallest absolute Gasteiger partial charge is 0.410 e. The van der Waals surface area contributed by atoms with E-state index in [9.17, 15) is 4.79 Å². The first-order valence-corrected chi connectivity index (χ1v) is 11.3. The van der Waals surface area contributed by atoms with Crippen molar-refractivity contribution in [3.63, 3.8) is 0 Å². The molecule has 0 N–H and O–H groups in total. The van der Waals surface area contributed by atoms with Crippen LogP contribution in [0.5, 0.6) is 5.75 Å². The average Bonchev–Trinajstić information content (AvgIpc) is 2.82. The van der Waals surface area contributed by atoms with Crippen molar-refractivity contribution in [2.24, 2.45) is 0 Å². The lowest BCUT2D eigenvalue weighted by Crippen LogP contribution is -2.49. The third-order valence-electron chi connectivity index (χ3n) is 5.07. The SMILES string of the molecule is O=C(Oc1ccc(CCSc2ccncc2)cc1)N1CCN(Cc2cnccn2)CC1. The monoisotopic (exact) mass is 435 g/mol. The summed E-state index contributed by atoms with van der Waals surface area (Å²) in [4.78, 5) is 30.2. The van der Waals surface area contributed by atoms with Gasteiger partial charge in [-0.3, -0.25) is 19.9 Å². The number of aryl methyl sites for hydroxylation is 1. The zero-order valence-corrected chi connectivity index (χ0v) is 18.1. The van der Waals surface area contributed by atoms with Crippen molar-refractivity contribution >= 4 is 17.9 Å². The molecule has 0 unspecified atom stereocenters. The summed E-state index contributed by atoms with van der Waals surface area (Å²) in [6, 6.07) is 11.8. The minimum atomic E-state index is -0.292. The van der Waals surface area contributed by atoms with Crippen LogP contribution in [0.3, 0.4) is 0 Å². The number of nitrogens with zero attached hydrogens (tertiary/aromatic N) is 5. The van der Waals surface area contributed by atoms with Gasteiger partial charge < -0.3 is 9.64 Å². The highest BCUT2D eigenvalue weighted by Gasteiger charge is 2.22. The third kappa shape index (κ3) is 6.50. The molecule has 1 fully saturated rings. The summed E-state index contributed by atoms with van der Waals surface area (Å²) in [5.74, 6) is 1.57. The quantitative estimate of drug-likeness (QED) is 0.526. The van der Waals surface area contributed by atoms with E-state index < -0.39 is 0 Å². The van der Waals surface area contributed by atoms with Gasteiger partial charge in [0.25, 0.3) is 0 Å². The van der Waals surface area contributed by atoms with Crippen LogP contribution in [0.4, 0.5) is 4.79 Å². The number of piperazine rings is 1. The Labute approximate surface area is 186 Å². The van der Waals surface area contributed by atoms with E-state index in [1.807, 2.05) is 48.8 Å². The fraction of sp³-hybridized carbons (Fsp3) is 0.304. The number of ether oxygens (including phenoxy) is 1. The molecule has 0 saturated carbocycles. The normalized spacial score (nSPS) is 14.4. The number of carbonyl (C=O) groups excluding carboxylic acids is 1. The van der Waals surface area contributed by atoms with Crippen molar-refractivity contribution in [3.8, 4) is 5.75 Å². The Morgan fingerprint density at radius 2 is 1.71 bits per heavy atom. The fourth-order valence-electron chi connectivity index (χ4n) is 3.34. The molecule has 1 amide bonds. The molecule has 4 rings (SSSR count). The van der Waals surface area contributed by atoms with Crippen molar-refractivity contribution in [3.05, 3.63) is 78.6 Å². The molecule has 0 spiro atoms. The Kier molecular flexibility index (Phi) is 7.46. The molecule has 31 heavy (non-hydrogen) atoms. The second kappa shape index (κ2) is 10.9. The van der Waals surface area contributed by atoms with Crippen LogP contribution in [0.1, 0.15) is 11.3 Å². The van der Waals surface area contributed by atoms with Gasteiger partial charge in [-0.25, -0.2) is 4.79 Å². The summed E-state index contributed by atoms with van der Waals surface area (Å²) in [6.45, 7) is 3.62. The summed E-state index contributed by atoms with van der Waals surface area (Å²) in [6.07, 6.45) is 9.43. The first kappa shape index (κ1) is 21.3. The lowest BCUT2D eigenvalue weighted by molar-refractivity contribution is 0.107. The number of hydrogen-bond acceptors (Lipinski definition) is 7. The van der Waals surface area contributed by atoms with Crippen LogP contribution in [0.15, 0.2) is 72.3 Å². The molecule has 3 aromatic rings. The minimum absolute atomic E-state index is 0.292. The standard InChI is InChI=1S/C23H25N5O2S/c29-23(28-14-12-27(13-15-28)18-20-17-25-10-11-26-20)30-21-3-1-19(2-4-21)7-16-31-22-5-8-24-9-6-22/h1-6,8-11,17H,7,12-16,18H2. The maximum Gasteiger partial charge on any atom is 0.415 e. The number of rotatable bonds is 7.